The second kappa shape index (κ2) is 6.45. The molecule has 2 nitrogen and oxygen atoms in total. The highest BCUT2D eigenvalue weighted by Crippen LogP contribution is 2.34. The molecule has 0 heterocycles. The minimum absolute atomic E-state index is 0.221. The average Bonchev–Trinajstić information content (AvgIpc) is 2.15. The topological polar surface area (TPSA) is 32.3 Å². The van der Waals surface area contributed by atoms with Crippen molar-refractivity contribution in [2.45, 2.75) is 6.10 Å². The lowest BCUT2D eigenvalue weighted by molar-refractivity contribution is 0.211. The molecule has 0 amide bonds. The van der Waals surface area contributed by atoms with Crippen LogP contribution in [0.2, 0.25) is 0 Å². The number of aliphatic hydroxyl groups is 1. The molecule has 1 aromatic rings. The maximum Gasteiger partial charge on any atom is 0.0847 e. The van der Waals surface area contributed by atoms with Crippen LogP contribution in [0, 0.1) is 0 Å². The highest BCUT2D eigenvalue weighted by atomic mass is 79.9. The van der Waals surface area contributed by atoms with Crippen molar-refractivity contribution in [1.82, 2.24) is 0 Å². The van der Waals surface area contributed by atoms with E-state index in [1.165, 1.54) is 0 Å². The molecule has 0 bridgehead atoms. The third kappa shape index (κ3) is 4.23. The van der Waals surface area contributed by atoms with Crippen molar-refractivity contribution in [3.05, 3.63) is 25.6 Å². The second-order valence-electron chi connectivity index (χ2n) is 2.93. The minimum Gasteiger partial charge on any atom is -0.390 e. The van der Waals surface area contributed by atoms with Gasteiger partial charge in [0.1, 0.15) is 0 Å². The molecule has 0 saturated carbocycles. The minimum atomic E-state index is -0.547. The van der Waals surface area contributed by atoms with Gasteiger partial charge in [-0.05, 0) is 44.0 Å². The Bertz CT molecular complexity index is 325. The smallest absolute Gasteiger partial charge is 0.0847 e. The van der Waals surface area contributed by atoms with Gasteiger partial charge in [0.2, 0.25) is 0 Å². The van der Waals surface area contributed by atoms with Crippen molar-refractivity contribution >= 4 is 65.1 Å². The Morgan fingerprint density at radius 3 is 2.27 bits per heavy atom. The van der Waals surface area contributed by atoms with Gasteiger partial charge >= 0.3 is 0 Å². The molecule has 2 N–H and O–H groups in total. The van der Waals surface area contributed by atoms with E-state index in [0.29, 0.717) is 6.54 Å². The monoisotopic (exact) mass is 419 g/mol. The van der Waals surface area contributed by atoms with Crippen LogP contribution in [0.4, 0.5) is 5.69 Å². The molecule has 0 radical (unpaired) electrons. The first-order valence-corrected chi connectivity index (χ1v) is 7.08. The van der Waals surface area contributed by atoms with Gasteiger partial charge in [-0.25, -0.2) is 0 Å². The van der Waals surface area contributed by atoms with E-state index in [1.54, 1.807) is 0 Å². The molecule has 1 atom stereocenters. The predicted molar refractivity (Wildman–Crippen MR) is 74.8 cm³/mol. The molecule has 0 aromatic heterocycles. The van der Waals surface area contributed by atoms with E-state index >= 15 is 0 Å². The number of hydrogen-bond donors (Lipinski definition) is 2. The van der Waals surface area contributed by atoms with E-state index < -0.39 is 6.10 Å². The van der Waals surface area contributed by atoms with E-state index in [9.17, 15) is 5.11 Å². The van der Waals surface area contributed by atoms with Crippen LogP contribution in [-0.2, 0) is 0 Å². The van der Waals surface area contributed by atoms with Crippen LogP contribution in [0.15, 0.2) is 25.6 Å². The molecule has 0 saturated heterocycles. The van der Waals surface area contributed by atoms with Crippen LogP contribution >= 0.6 is 59.4 Å². The largest absolute Gasteiger partial charge is 0.390 e. The Balaban J connectivity index is 2.77. The van der Waals surface area contributed by atoms with Gasteiger partial charge in [0.15, 0.2) is 0 Å². The van der Waals surface area contributed by atoms with Crippen molar-refractivity contribution in [3.8, 4) is 0 Å². The number of benzene rings is 1. The van der Waals surface area contributed by atoms with Crippen LogP contribution < -0.4 is 5.32 Å². The van der Waals surface area contributed by atoms with Crippen molar-refractivity contribution < 1.29 is 5.11 Å². The van der Waals surface area contributed by atoms with Gasteiger partial charge in [0, 0.05) is 20.0 Å². The first-order valence-electron chi connectivity index (χ1n) is 4.17. The summed E-state index contributed by atoms with van der Waals surface area (Å²) in [5, 5.41) is 12.4. The molecule has 0 aliphatic rings. The molecule has 0 aliphatic heterocycles. The molecule has 15 heavy (non-hydrogen) atoms. The molecule has 1 aromatic carbocycles. The van der Waals surface area contributed by atoms with Crippen LogP contribution in [0.25, 0.3) is 0 Å². The average molecular weight is 422 g/mol. The van der Waals surface area contributed by atoms with Crippen LogP contribution in [0.5, 0.6) is 0 Å². The predicted octanol–water partition coefficient (Wildman–Crippen LogP) is 3.99. The summed E-state index contributed by atoms with van der Waals surface area (Å²) in [7, 11) is 0. The number of halogens is 4. The fraction of sp³-hybridized carbons (Fsp3) is 0.333. The summed E-state index contributed by atoms with van der Waals surface area (Å²) in [5.74, 6) is 0.221. The Hall–Kier alpha value is 0.710. The summed E-state index contributed by atoms with van der Waals surface area (Å²) in [6.07, 6.45) is -0.547. The van der Waals surface area contributed by atoms with Gasteiger partial charge in [-0.2, -0.15) is 0 Å². The molecular formula is C9H9Br3ClNO. The Labute approximate surface area is 119 Å². The molecule has 84 valence electrons. The number of hydrogen-bond acceptors (Lipinski definition) is 2. The molecule has 1 rings (SSSR count). The molecular weight excluding hydrogens is 413 g/mol. The lowest BCUT2D eigenvalue weighted by Gasteiger charge is -2.13. The third-order valence-electron chi connectivity index (χ3n) is 1.70. The molecule has 0 spiro atoms. The fourth-order valence-corrected chi connectivity index (χ4v) is 3.63. The van der Waals surface area contributed by atoms with Crippen LogP contribution in [0.3, 0.4) is 0 Å². The quantitative estimate of drug-likeness (QED) is 0.720. The van der Waals surface area contributed by atoms with Gasteiger partial charge in [0.05, 0.1) is 17.7 Å². The summed E-state index contributed by atoms with van der Waals surface area (Å²) < 4.78 is 2.82. The summed E-state index contributed by atoms with van der Waals surface area (Å²) in [6.45, 7) is 0.419. The van der Waals surface area contributed by atoms with Crippen LogP contribution in [0.1, 0.15) is 0 Å². The van der Waals surface area contributed by atoms with Crippen LogP contribution in [-0.4, -0.2) is 23.6 Å². The number of rotatable bonds is 4. The molecule has 6 heteroatoms. The van der Waals surface area contributed by atoms with Crippen molar-refractivity contribution in [1.29, 1.82) is 0 Å². The summed E-state index contributed by atoms with van der Waals surface area (Å²) in [5.41, 5.74) is 0.905. The van der Waals surface area contributed by atoms with Crippen molar-refractivity contribution in [2.24, 2.45) is 0 Å². The summed E-state index contributed by atoms with van der Waals surface area (Å²) in [6, 6.07) is 3.86. The van der Waals surface area contributed by atoms with Gasteiger partial charge in [-0.3, -0.25) is 0 Å². The first-order chi connectivity index (χ1) is 7.04. The zero-order chi connectivity index (χ0) is 11.4. The van der Waals surface area contributed by atoms with E-state index in [4.69, 9.17) is 11.6 Å². The highest BCUT2D eigenvalue weighted by molar-refractivity contribution is 9.11. The maximum absolute atomic E-state index is 9.32. The normalized spacial score (nSPS) is 12.6. The number of nitrogens with one attached hydrogen (secondary N) is 1. The van der Waals surface area contributed by atoms with E-state index in [-0.39, 0.29) is 5.88 Å². The van der Waals surface area contributed by atoms with E-state index in [0.717, 1.165) is 19.1 Å². The van der Waals surface area contributed by atoms with Crippen molar-refractivity contribution in [3.63, 3.8) is 0 Å². The Morgan fingerprint density at radius 2 is 1.80 bits per heavy atom. The second-order valence-corrected chi connectivity index (χ2v) is 5.87. The fourth-order valence-electron chi connectivity index (χ4n) is 0.986. The lowest BCUT2D eigenvalue weighted by atomic mass is 10.3. The van der Waals surface area contributed by atoms with Crippen molar-refractivity contribution in [2.75, 3.05) is 17.7 Å². The lowest BCUT2D eigenvalue weighted by Crippen LogP contribution is -2.21. The van der Waals surface area contributed by atoms with Gasteiger partial charge in [-0.1, -0.05) is 15.9 Å². The van der Waals surface area contributed by atoms with Gasteiger partial charge in [-0.15, -0.1) is 11.6 Å². The van der Waals surface area contributed by atoms with E-state index in [2.05, 4.69) is 53.1 Å². The van der Waals surface area contributed by atoms with Gasteiger partial charge < -0.3 is 10.4 Å². The Morgan fingerprint density at radius 1 is 1.27 bits per heavy atom. The first kappa shape index (κ1) is 13.8. The number of alkyl halides is 1. The zero-order valence-corrected chi connectivity index (χ0v) is 13.1. The summed E-state index contributed by atoms with van der Waals surface area (Å²) in [4.78, 5) is 0. The number of anilines is 1. The Kier molecular flexibility index (Phi) is 5.92. The standard InChI is InChI=1S/C9H9Br3ClNO/c10-5-1-7(11)9(8(12)2-5)14-4-6(15)3-13/h1-2,6,14-15H,3-4H2. The molecule has 1 unspecified atom stereocenters. The number of aliphatic hydroxyl groups excluding tert-OH is 1. The maximum atomic E-state index is 9.32. The van der Waals surface area contributed by atoms with Gasteiger partial charge in [0.25, 0.3) is 0 Å². The molecule has 0 aliphatic carbocycles. The highest BCUT2D eigenvalue weighted by Gasteiger charge is 2.08. The zero-order valence-electron chi connectivity index (χ0n) is 7.61. The molecule has 0 fully saturated rings. The SMILES string of the molecule is OC(CCl)CNc1c(Br)cc(Br)cc1Br. The third-order valence-corrected chi connectivity index (χ3v) is 3.76. The van der Waals surface area contributed by atoms with E-state index in [1.807, 2.05) is 12.1 Å². The summed E-state index contributed by atoms with van der Waals surface area (Å²) >= 11 is 15.8.